The summed E-state index contributed by atoms with van der Waals surface area (Å²) in [6.07, 6.45) is 6.75. The summed E-state index contributed by atoms with van der Waals surface area (Å²) < 4.78 is 0. The zero-order valence-corrected chi connectivity index (χ0v) is 8.01. The van der Waals surface area contributed by atoms with Crippen LogP contribution < -0.4 is 0 Å². The van der Waals surface area contributed by atoms with Gasteiger partial charge in [0.05, 0.1) is 0 Å². The van der Waals surface area contributed by atoms with Gasteiger partial charge < -0.3 is 0 Å². The van der Waals surface area contributed by atoms with E-state index in [0.29, 0.717) is 5.56 Å². The Balaban J connectivity index is 2.50. The fourth-order valence-electron chi connectivity index (χ4n) is 0.870. The van der Waals surface area contributed by atoms with E-state index in [0.717, 1.165) is 23.4 Å². The molecule has 0 unspecified atom stereocenters. The smallest absolute Gasteiger partial charge is 0.150 e. The van der Waals surface area contributed by atoms with Crippen molar-refractivity contribution < 1.29 is 4.79 Å². The van der Waals surface area contributed by atoms with Gasteiger partial charge in [-0.2, -0.15) is 0 Å². The minimum atomic E-state index is 0.710. The van der Waals surface area contributed by atoms with Gasteiger partial charge in [-0.25, -0.2) is 0 Å². The summed E-state index contributed by atoms with van der Waals surface area (Å²) in [4.78, 5) is 11.5. The molecule has 0 aliphatic heterocycles. The Bertz CT molecular complexity index is 308. The molecular formula is C11H10OS. The normalized spacial score (nSPS) is 9.15. The Morgan fingerprint density at radius 2 is 2.08 bits per heavy atom. The topological polar surface area (TPSA) is 17.1 Å². The van der Waals surface area contributed by atoms with Crippen LogP contribution in [-0.2, 0) is 0 Å². The first-order valence-corrected chi connectivity index (χ1v) is 4.97. The number of carbonyl (C=O) groups excluding carboxylic acids is 1. The summed E-state index contributed by atoms with van der Waals surface area (Å²) in [6.45, 7) is 0. The lowest BCUT2D eigenvalue weighted by molar-refractivity contribution is 0.112. The molecule has 0 heterocycles. The lowest BCUT2D eigenvalue weighted by atomic mass is 10.2. The number of terminal acetylenes is 1. The molecule has 1 aromatic rings. The van der Waals surface area contributed by atoms with E-state index in [1.165, 1.54) is 0 Å². The molecule has 66 valence electrons. The van der Waals surface area contributed by atoms with Crippen LogP contribution in [0.3, 0.4) is 0 Å². The van der Waals surface area contributed by atoms with Crippen LogP contribution in [-0.4, -0.2) is 12.0 Å². The molecule has 1 aromatic carbocycles. The van der Waals surface area contributed by atoms with Crippen molar-refractivity contribution in [1.82, 2.24) is 0 Å². The van der Waals surface area contributed by atoms with Gasteiger partial charge in [-0.15, -0.1) is 24.1 Å². The van der Waals surface area contributed by atoms with E-state index in [2.05, 4.69) is 5.92 Å². The van der Waals surface area contributed by atoms with Crippen LogP contribution in [0.25, 0.3) is 0 Å². The van der Waals surface area contributed by atoms with Crippen molar-refractivity contribution in [2.75, 3.05) is 5.75 Å². The minimum absolute atomic E-state index is 0.710. The second-order valence-corrected chi connectivity index (χ2v) is 3.66. The molecule has 0 saturated carbocycles. The fourth-order valence-corrected chi connectivity index (χ4v) is 1.65. The van der Waals surface area contributed by atoms with E-state index < -0.39 is 0 Å². The molecule has 1 rings (SSSR count). The van der Waals surface area contributed by atoms with Gasteiger partial charge in [0, 0.05) is 22.6 Å². The van der Waals surface area contributed by atoms with E-state index in [9.17, 15) is 4.79 Å². The van der Waals surface area contributed by atoms with Gasteiger partial charge in [-0.3, -0.25) is 4.79 Å². The summed E-state index contributed by atoms with van der Waals surface area (Å²) in [5.41, 5.74) is 0.710. The lowest BCUT2D eigenvalue weighted by Crippen LogP contribution is -1.80. The van der Waals surface area contributed by atoms with Crippen molar-refractivity contribution in [2.45, 2.75) is 11.3 Å². The maximum atomic E-state index is 10.3. The summed E-state index contributed by atoms with van der Waals surface area (Å²) >= 11 is 1.71. The van der Waals surface area contributed by atoms with Crippen molar-refractivity contribution in [3.8, 4) is 12.3 Å². The summed E-state index contributed by atoms with van der Waals surface area (Å²) in [5.74, 6) is 3.51. The van der Waals surface area contributed by atoms with Crippen molar-refractivity contribution >= 4 is 18.0 Å². The third-order valence-corrected chi connectivity index (χ3v) is 2.55. The Labute approximate surface area is 82.5 Å². The van der Waals surface area contributed by atoms with E-state index in [-0.39, 0.29) is 0 Å². The number of carbonyl (C=O) groups is 1. The lowest BCUT2D eigenvalue weighted by Gasteiger charge is -1.98. The van der Waals surface area contributed by atoms with Crippen LogP contribution in [0.5, 0.6) is 0 Å². The molecule has 2 heteroatoms. The number of rotatable bonds is 4. The zero-order valence-electron chi connectivity index (χ0n) is 7.19. The van der Waals surface area contributed by atoms with Gasteiger partial charge in [0.25, 0.3) is 0 Å². The number of thioether (sulfide) groups is 1. The van der Waals surface area contributed by atoms with Crippen LogP contribution in [0.4, 0.5) is 0 Å². The zero-order chi connectivity index (χ0) is 9.52. The molecule has 0 radical (unpaired) electrons. The van der Waals surface area contributed by atoms with Crippen LogP contribution in [0.2, 0.25) is 0 Å². The van der Waals surface area contributed by atoms with Gasteiger partial charge in [0.15, 0.2) is 0 Å². The Hall–Kier alpha value is -1.20. The van der Waals surface area contributed by atoms with Gasteiger partial charge in [-0.1, -0.05) is 12.1 Å². The highest BCUT2D eigenvalue weighted by Gasteiger charge is 1.93. The van der Waals surface area contributed by atoms with Gasteiger partial charge in [0.2, 0.25) is 0 Å². The average Bonchev–Trinajstić information content (AvgIpc) is 2.19. The van der Waals surface area contributed by atoms with E-state index in [1.807, 2.05) is 24.3 Å². The molecule has 0 spiro atoms. The van der Waals surface area contributed by atoms with Crippen molar-refractivity contribution in [1.29, 1.82) is 0 Å². The quantitative estimate of drug-likeness (QED) is 0.314. The monoisotopic (exact) mass is 190 g/mol. The van der Waals surface area contributed by atoms with Gasteiger partial charge in [0.1, 0.15) is 6.29 Å². The summed E-state index contributed by atoms with van der Waals surface area (Å²) in [7, 11) is 0. The van der Waals surface area contributed by atoms with Gasteiger partial charge in [-0.05, 0) is 12.1 Å². The molecule has 1 nitrogen and oxygen atoms in total. The molecule has 0 aliphatic carbocycles. The fraction of sp³-hybridized carbons (Fsp3) is 0.182. The number of benzene rings is 1. The first-order valence-electron chi connectivity index (χ1n) is 3.98. The van der Waals surface area contributed by atoms with Crippen LogP contribution in [0.15, 0.2) is 29.2 Å². The van der Waals surface area contributed by atoms with Crippen molar-refractivity contribution in [3.05, 3.63) is 29.8 Å². The van der Waals surface area contributed by atoms with Crippen LogP contribution in [0.1, 0.15) is 16.8 Å². The van der Waals surface area contributed by atoms with E-state index in [1.54, 1.807) is 11.8 Å². The standard InChI is InChI=1S/C11H10OS/c1-2-3-8-13-11-6-4-10(9-12)5-7-11/h1,4-7,9H,3,8H2. The summed E-state index contributed by atoms with van der Waals surface area (Å²) in [5, 5.41) is 0. The third-order valence-electron chi connectivity index (χ3n) is 1.53. The Kier molecular flexibility index (Phi) is 4.14. The molecule has 13 heavy (non-hydrogen) atoms. The second-order valence-electron chi connectivity index (χ2n) is 2.49. The first-order chi connectivity index (χ1) is 6.36. The molecule has 0 amide bonds. The molecule has 0 bridgehead atoms. The molecule has 0 fully saturated rings. The maximum absolute atomic E-state index is 10.3. The molecule has 0 N–H and O–H groups in total. The molecule has 0 aliphatic rings. The highest BCUT2D eigenvalue weighted by Crippen LogP contribution is 2.18. The number of aldehydes is 1. The molecular weight excluding hydrogens is 180 g/mol. The first kappa shape index (κ1) is 9.88. The van der Waals surface area contributed by atoms with Crippen LogP contribution >= 0.6 is 11.8 Å². The van der Waals surface area contributed by atoms with Gasteiger partial charge >= 0.3 is 0 Å². The minimum Gasteiger partial charge on any atom is -0.298 e. The SMILES string of the molecule is C#CCCSc1ccc(C=O)cc1. The maximum Gasteiger partial charge on any atom is 0.150 e. The van der Waals surface area contributed by atoms with Crippen molar-refractivity contribution in [3.63, 3.8) is 0 Å². The average molecular weight is 190 g/mol. The largest absolute Gasteiger partial charge is 0.298 e. The summed E-state index contributed by atoms with van der Waals surface area (Å²) in [6, 6.07) is 7.49. The highest BCUT2D eigenvalue weighted by atomic mass is 32.2. The highest BCUT2D eigenvalue weighted by molar-refractivity contribution is 7.99. The molecule has 0 aromatic heterocycles. The van der Waals surface area contributed by atoms with Crippen LogP contribution in [0, 0.1) is 12.3 Å². The van der Waals surface area contributed by atoms with E-state index >= 15 is 0 Å². The Morgan fingerprint density at radius 1 is 1.38 bits per heavy atom. The second kappa shape index (κ2) is 5.45. The number of hydrogen-bond acceptors (Lipinski definition) is 2. The van der Waals surface area contributed by atoms with E-state index in [4.69, 9.17) is 6.42 Å². The third kappa shape index (κ3) is 3.35. The molecule has 0 saturated heterocycles. The Morgan fingerprint density at radius 3 is 2.62 bits per heavy atom. The molecule has 0 atom stereocenters. The predicted octanol–water partition coefficient (Wildman–Crippen LogP) is 2.61. The predicted molar refractivity (Wildman–Crippen MR) is 56.0 cm³/mol. The van der Waals surface area contributed by atoms with Crippen molar-refractivity contribution in [2.24, 2.45) is 0 Å². The number of hydrogen-bond donors (Lipinski definition) is 0.